The zero-order chi connectivity index (χ0) is 18.1. The normalized spacial score (nSPS) is 11.4. The molecule has 2 N–H and O–H groups in total. The van der Waals surface area contributed by atoms with Crippen molar-refractivity contribution in [1.82, 2.24) is 9.78 Å². The van der Waals surface area contributed by atoms with Crippen molar-refractivity contribution in [1.29, 1.82) is 0 Å². The van der Waals surface area contributed by atoms with Crippen molar-refractivity contribution in [2.75, 3.05) is 0 Å². The lowest BCUT2D eigenvalue weighted by molar-refractivity contribution is 0.475. The summed E-state index contributed by atoms with van der Waals surface area (Å²) in [7, 11) is 0. The number of rotatable bonds is 3. The number of aromatic amines is 1. The molecule has 5 nitrogen and oxygen atoms in total. The number of nitrogens with one attached hydrogen (secondary N) is 1. The van der Waals surface area contributed by atoms with E-state index in [1.54, 1.807) is 19.1 Å². The molecular formula is C17H12Cl3N3O2. The maximum Gasteiger partial charge on any atom is 0.280 e. The predicted octanol–water partition coefficient (Wildman–Crippen LogP) is 4.89. The van der Waals surface area contributed by atoms with Crippen LogP contribution in [0.4, 0.5) is 5.69 Å². The molecule has 0 amide bonds. The summed E-state index contributed by atoms with van der Waals surface area (Å²) >= 11 is 18.3. The van der Waals surface area contributed by atoms with Gasteiger partial charge in [-0.15, -0.1) is 0 Å². The lowest BCUT2D eigenvalue weighted by Gasteiger charge is -2.07. The average molecular weight is 397 g/mol. The Morgan fingerprint density at radius 3 is 2.32 bits per heavy atom. The minimum absolute atomic E-state index is 0.145. The van der Waals surface area contributed by atoms with Crippen LogP contribution in [0, 0.1) is 6.92 Å². The van der Waals surface area contributed by atoms with Crippen molar-refractivity contribution in [2.24, 2.45) is 4.99 Å². The second-order valence-electron chi connectivity index (χ2n) is 5.28. The Morgan fingerprint density at radius 2 is 1.72 bits per heavy atom. The Labute approximate surface area is 158 Å². The van der Waals surface area contributed by atoms with Crippen molar-refractivity contribution in [3.63, 3.8) is 0 Å². The summed E-state index contributed by atoms with van der Waals surface area (Å²) in [4.78, 5) is 17.0. The first-order chi connectivity index (χ1) is 11.9. The molecule has 2 aromatic carbocycles. The molecule has 0 fully saturated rings. The largest absolute Gasteiger partial charge is 0.508 e. The molecule has 3 rings (SSSR count). The molecule has 0 aliphatic carbocycles. The molecule has 0 unspecified atom stereocenters. The highest BCUT2D eigenvalue weighted by Gasteiger charge is 2.16. The average Bonchev–Trinajstić information content (AvgIpc) is 2.81. The van der Waals surface area contributed by atoms with Gasteiger partial charge < -0.3 is 5.11 Å². The van der Waals surface area contributed by atoms with Crippen molar-refractivity contribution < 1.29 is 5.11 Å². The molecule has 0 spiro atoms. The zero-order valence-corrected chi connectivity index (χ0v) is 15.2. The maximum absolute atomic E-state index is 12.7. The highest BCUT2D eigenvalue weighted by atomic mass is 35.5. The second kappa shape index (κ2) is 6.96. The van der Waals surface area contributed by atoms with E-state index < -0.39 is 0 Å². The van der Waals surface area contributed by atoms with Gasteiger partial charge in [0.2, 0.25) is 0 Å². The number of aromatic nitrogens is 2. The van der Waals surface area contributed by atoms with Crippen LogP contribution in [0.2, 0.25) is 15.1 Å². The predicted molar refractivity (Wildman–Crippen MR) is 102 cm³/mol. The standard InChI is InChI=1S/C17H12Cl3N3O2/c1-9-13(8-21-11-2-4-12(24)5-3-11)17(25)23(22-9)16-14(19)6-10(18)7-15(16)20/h2-8,22,24H,1H3. The second-order valence-corrected chi connectivity index (χ2v) is 6.53. The molecule has 0 saturated carbocycles. The Morgan fingerprint density at radius 1 is 1.12 bits per heavy atom. The van der Waals surface area contributed by atoms with E-state index in [2.05, 4.69) is 10.1 Å². The molecule has 1 aromatic heterocycles. The van der Waals surface area contributed by atoms with Gasteiger partial charge in [-0.25, -0.2) is 4.68 Å². The molecule has 0 atom stereocenters. The number of hydrogen-bond donors (Lipinski definition) is 2. The smallest absolute Gasteiger partial charge is 0.280 e. The van der Waals surface area contributed by atoms with Gasteiger partial charge in [0, 0.05) is 16.9 Å². The Balaban J connectivity index is 2.05. The highest BCUT2D eigenvalue weighted by Crippen LogP contribution is 2.31. The fraction of sp³-hybridized carbons (Fsp3) is 0.0588. The molecule has 3 aromatic rings. The summed E-state index contributed by atoms with van der Waals surface area (Å²) in [5.74, 6) is 0.145. The number of hydrogen-bond acceptors (Lipinski definition) is 3. The lowest BCUT2D eigenvalue weighted by Crippen LogP contribution is -2.18. The van der Waals surface area contributed by atoms with Gasteiger partial charge in [-0.2, -0.15) is 0 Å². The third-order valence-corrected chi connectivity index (χ3v) is 4.31. The van der Waals surface area contributed by atoms with Crippen LogP contribution in [0.25, 0.3) is 5.69 Å². The van der Waals surface area contributed by atoms with E-state index in [1.807, 2.05) is 0 Å². The summed E-state index contributed by atoms with van der Waals surface area (Å²) in [6.45, 7) is 1.74. The minimum Gasteiger partial charge on any atom is -0.508 e. The number of benzene rings is 2. The molecule has 0 aliphatic heterocycles. The lowest BCUT2D eigenvalue weighted by atomic mass is 10.2. The summed E-state index contributed by atoms with van der Waals surface area (Å²) in [5.41, 5.74) is 1.56. The van der Waals surface area contributed by atoms with Crippen LogP contribution in [-0.4, -0.2) is 21.1 Å². The van der Waals surface area contributed by atoms with E-state index in [0.717, 1.165) is 0 Å². The van der Waals surface area contributed by atoms with Gasteiger partial charge in [0.15, 0.2) is 0 Å². The van der Waals surface area contributed by atoms with Crippen LogP contribution in [0.1, 0.15) is 11.3 Å². The van der Waals surface area contributed by atoms with E-state index in [1.165, 1.54) is 35.2 Å². The number of aryl methyl sites for hydroxylation is 1. The van der Waals surface area contributed by atoms with E-state index >= 15 is 0 Å². The summed E-state index contributed by atoms with van der Waals surface area (Å²) < 4.78 is 1.26. The Hall–Kier alpha value is -2.21. The molecule has 0 saturated heterocycles. The molecule has 0 radical (unpaired) electrons. The van der Waals surface area contributed by atoms with Crippen LogP contribution >= 0.6 is 34.8 Å². The van der Waals surface area contributed by atoms with Gasteiger partial charge in [0.25, 0.3) is 5.56 Å². The third-order valence-electron chi connectivity index (χ3n) is 3.51. The van der Waals surface area contributed by atoms with Crippen LogP contribution in [0.5, 0.6) is 5.75 Å². The number of nitrogens with zero attached hydrogens (tertiary/aromatic N) is 2. The van der Waals surface area contributed by atoms with E-state index in [0.29, 0.717) is 27.7 Å². The first-order valence-corrected chi connectivity index (χ1v) is 8.30. The van der Waals surface area contributed by atoms with Gasteiger partial charge >= 0.3 is 0 Å². The Kier molecular flexibility index (Phi) is 4.90. The van der Waals surface area contributed by atoms with Crippen LogP contribution in [0.3, 0.4) is 0 Å². The number of phenols is 1. The van der Waals surface area contributed by atoms with Crippen LogP contribution in [-0.2, 0) is 0 Å². The Bertz CT molecular complexity index is 998. The molecule has 128 valence electrons. The fourth-order valence-corrected chi connectivity index (χ4v) is 3.28. The van der Waals surface area contributed by atoms with Gasteiger partial charge in [-0.05, 0) is 43.3 Å². The summed E-state index contributed by atoms with van der Waals surface area (Å²) in [6.07, 6.45) is 1.45. The molecule has 0 bridgehead atoms. The van der Waals surface area contributed by atoms with E-state index in [4.69, 9.17) is 34.8 Å². The third kappa shape index (κ3) is 3.58. The number of halogens is 3. The molecule has 0 aliphatic rings. The summed E-state index contributed by atoms with van der Waals surface area (Å²) in [5, 5.41) is 13.1. The quantitative estimate of drug-likeness (QED) is 0.619. The van der Waals surface area contributed by atoms with Crippen molar-refractivity contribution in [3.05, 3.63) is 73.1 Å². The van der Waals surface area contributed by atoms with Crippen molar-refractivity contribution in [2.45, 2.75) is 6.92 Å². The monoisotopic (exact) mass is 395 g/mol. The zero-order valence-electron chi connectivity index (χ0n) is 12.9. The van der Waals surface area contributed by atoms with Crippen LogP contribution < -0.4 is 5.56 Å². The minimum atomic E-state index is -0.342. The highest BCUT2D eigenvalue weighted by molar-refractivity contribution is 6.40. The number of phenolic OH excluding ortho intramolecular Hbond substituents is 1. The fourth-order valence-electron chi connectivity index (χ4n) is 2.30. The molecule has 8 heteroatoms. The summed E-state index contributed by atoms with van der Waals surface area (Å²) in [6, 6.07) is 9.33. The van der Waals surface area contributed by atoms with Gasteiger partial charge in [0.05, 0.1) is 21.3 Å². The number of aliphatic imine (C=N–C) groups is 1. The maximum atomic E-state index is 12.7. The SMILES string of the molecule is Cc1[nH]n(-c2c(Cl)cc(Cl)cc2Cl)c(=O)c1C=Nc1ccc(O)cc1. The number of H-pyrrole nitrogens is 1. The number of aromatic hydroxyl groups is 1. The molecule has 25 heavy (non-hydrogen) atoms. The van der Waals surface area contributed by atoms with E-state index in [9.17, 15) is 9.90 Å². The topological polar surface area (TPSA) is 70.4 Å². The van der Waals surface area contributed by atoms with Gasteiger partial charge in [0.1, 0.15) is 11.4 Å². The molecular weight excluding hydrogens is 385 g/mol. The van der Waals surface area contributed by atoms with Crippen molar-refractivity contribution >= 4 is 46.7 Å². The molecule has 1 heterocycles. The van der Waals surface area contributed by atoms with Crippen LogP contribution in [0.15, 0.2) is 46.2 Å². The van der Waals surface area contributed by atoms with Crippen molar-refractivity contribution in [3.8, 4) is 11.4 Å². The van der Waals surface area contributed by atoms with Gasteiger partial charge in [-0.1, -0.05) is 34.8 Å². The van der Waals surface area contributed by atoms with E-state index in [-0.39, 0.29) is 21.4 Å². The first kappa shape index (κ1) is 17.6. The van der Waals surface area contributed by atoms with Gasteiger partial charge in [-0.3, -0.25) is 14.9 Å². The first-order valence-electron chi connectivity index (χ1n) is 7.16.